The number of carbonyl (C=O) groups is 2. The van der Waals surface area contributed by atoms with Gasteiger partial charge in [0.2, 0.25) is 11.8 Å². The van der Waals surface area contributed by atoms with Gasteiger partial charge in [0.15, 0.2) is 0 Å². The lowest BCUT2D eigenvalue weighted by Crippen LogP contribution is -2.36. The van der Waals surface area contributed by atoms with Crippen LogP contribution in [0, 0.1) is 0 Å². The fraction of sp³-hybridized carbons (Fsp3) is 0.200. The Labute approximate surface area is 170 Å². The molecule has 0 aliphatic carbocycles. The average molecular weight is 384 g/mol. The monoisotopic (exact) mass is 384 g/mol. The number of nitrogens with one attached hydrogen (secondary N) is 1. The van der Waals surface area contributed by atoms with Crippen LogP contribution in [0.15, 0.2) is 72.9 Å². The van der Waals surface area contributed by atoms with E-state index in [2.05, 4.69) is 23.5 Å². The molecular weight excluding hydrogens is 360 g/mol. The molecule has 0 fully saturated rings. The summed E-state index contributed by atoms with van der Waals surface area (Å²) >= 11 is 0. The Hall–Kier alpha value is -3.40. The topological polar surface area (TPSA) is 49.4 Å². The van der Waals surface area contributed by atoms with Crippen molar-refractivity contribution < 1.29 is 9.59 Å². The Balaban J connectivity index is 1.55. The maximum atomic E-state index is 12.9. The van der Waals surface area contributed by atoms with Crippen LogP contribution in [0.1, 0.15) is 49.0 Å². The summed E-state index contributed by atoms with van der Waals surface area (Å²) in [5, 5.41) is 5.42. The minimum Gasteiger partial charge on any atom is -0.349 e. The van der Waals surface area contributed by atoms with Crippen molar-refractivity contribution in [2.24, 2.45) is 0 Å². The second kappa shape index (κ2) is 7.92. The molecule has 0 saturated carbocycles. The van der Waals surface area contributed by atoms with E-state index in [9.17, 15) is 9.59 Å². The molecule has 0 unspecified atom stereocenters. The van der Waals surface area contributed by atoms with E-state index >= 15 is 0 Å². The summed E-state index contributed by atoms with van der Waals surface area (Å²) in [7, 11) is 0. The molecule has 0 aromatic heterocycles. The van der Waals surface area contributed by atoms with Crippen molar-refractivity contribution in [1.82, 2.24) is 10.2 Å². The number of amides is 2. The largest absolute Gasteiger partial charge is 0.349 e. The summed E-state index contributed by atoms with van der Waals surface area (Å²) in [4.78, 5) is 26.7. The lowest BCUT2D eigenvalue weighted by atomic mass is 9.93. The fourth-order valence-corrected chi connectivity index (χ4v) is 4.10. The van der Waals surface area contributed by atoms with Crippen LogP contribution in [0.4, 0.5) is 0 Å². The Morgan fingerprint density at radius 2 is 1.72 bits per heavy atom. The van der Waals surface area contributed by atoms with E-state index < -0.39 is 0 Å². The molecule has 0 bridgehead atoms. The highest BCUT2D eigenvalue weighted by atomic mass is 16.2. The molecule has 4 nitrogen and oxygen atoms in total. The molecule has 4 heteroatoms. The van der Waals surface area contributed by atoms with E-state index in [0.717, 1.165) is 27.5 Å². The van der Waals surface area contributed by atoms with Gasteiger partial charge >= 0.3 is 0 Å². The first-order chi connectivity index (χ1) is 14.0. The van der Waals surface area contributed by atoms with Crippen molar-refractivity contribution in [2.75, 3.05) is 0 Å². The van der Waals surface area contributed by atoms with Crippen LogP contribution in [0.3, 0.4) is 0 Å². The summed E-state index contributed by atoms with van der Waals surface area (Å²) < 4.78 is 0. The van der Waals surface area contributed by atoms with Crippen LogP contribution in [-0.4, -0.2) is 16.7 Å². The number of hydrogen-bond acceptors (Lipinski definition) is 2. The minimum absolute atomic E-state index is 0.0735. The number of hydrogen-bond donors (Lipinski definition) is 1. The third-order valence-corrected chi connectivity index (χ3v) is 5.52. The minimum atomic E-state index is -0.298. The smallest absolute Gasteiger partial charge is 0.223 e. The third-order valence-electron chi connectivity index (χ3n) is 5.52. The van der Waals surface area contributed by atoms with Crippen LogP contribution in [0.5, 0.6) is 0 Å². The molecular formula is C25H24N2O2. The number of benzene rings is 3. The number of fused-ring (bicyclic) bond motifs is 2. The second-order valence-electron chi connectivity index (χ2n) is 7.45. The molecule has 2 atom stereocenters. The van der Waals surface area contributed by atoms with E-state index in [1.807, 2.05) is 61.5 Å². The third kappa shape index (κ3) is 3.79. The molecule has 4 rings (SSSR count). The van der Waals surface area contributed by atoms with Gasteiger partial charge < -0.3 is 10.2 Å². The zero-order valence-corrected chi connectivity index (χ0v) is 16.6. The van der Waals surface area contributed by atoms with Gasteiger partial charge in [-0.25, -0.2) is 0 Å². The molecule has 0 spiro atoms. The second-order valence-corrected chi connectivity index (χ2v) is 7.45. The van der Waals surface area contributed by atoms with E-state index in [0.29, 0.717) is 0 Å². The normalized spacial score (nSPS) is 16.3. The van der Waals surface area contributed by atoms with Crippen LogP contribution < -0.4 is 5.32 Å². The first-order valence-electron chi connectivity index (χ1n) is 9.87. The SMILES string of the molecule is CC(=O)N1C=Cc2ccccc2[C@H]1CC(=O)N[C@@H](C)c1cccc2ccccc12. The maximum absolute atomic E-state index is 12.9. The molecule has 3 aromatic carbocycles. The van der Waals surface area contributed by atoms with Crippen molar-refractivity contribution in [3.05, 3.63) is 89.6 Å². The molecule has 29 heavy (non-hydrogen) atoms. The van der Waals surface area contributed by atoms with Gasteiger partial charge in [-0.2, -0.15) is 0 Å². The predicted molar refractivity (Wildman–Crippen MR) is 116 cm³/mol. The first-order valence-corrected chi connectivity index (χ1v) is 9.87. The zero-order chi connectivity index (χ0) is 20.4. The van der Waals surface area contributed by atoms with Gasteiger partial charge in [-0.05, 0) is 40.5 Å². The lowest BCUT2D eigenvalue weighted by Gasteiger charge is -2.32. The molecule has 3 aromatic rings. The van der Waals surface area contributed by atoms with E-state index in [1.165, 1.54) is 6.92 Å². The van der Waals surface area contributed by atoms with E-state index in [4.69, 9.17) is 0 Å². The Morgan fingerprint density at radius 1 is 1.00 bits per heavy atom. The standard InChI is InChI=1S/C25H24N2O2/c1-17(21-13-7-10-19-8-3-5-11-22(19)21)26-25(29)16-24-23-12-6-4-9-20(23)14-15-27(24)18(2)28/h3-15,17,24H,16H2,1-2H3,(H,26,29)/t17-,24+/m0/s1. The quantitative estimate of drug-likeness (QED) is 0.690. The summed E-state index contributed by atoms with van der Waals surface area (Å²) in [6.45, 7) is 3.53. The summed E-state index contributed by atoms with van der Waals surface area (Å²) in [5.41, 5.74) is 3.13. The van der Waals surface area contributed by atoms with Crippen LogP contribution in [0.25, 0.3) is 16.8 Å². The van der Waals surface area contributed by atoms with Gasteiger partial charge in [0, 0.05) is 13.1 Å². The Kier molecular flexibility index (Phi) is 5.17. The van der Waals surface area contributed by atoms with Crippen molar-refractivity contribution in [1.29, 1.82) is 0 Å². The van der Waals surface area contributed by atoms with Gasteiger partial charge in [-0.1, -0.05) is 66.7 Å². The summed E-state index contributed by atoms with van der Waals surface area (Å²) in [6, 6.07) is 21.8. The van der Waals surface area contributed by atoms with Gasteiger partial charge in [-0.3, -0.25) is 9.59 Å². The van der Waals surface area contributed by atoms with Crippen LogP contribution >= 0.6 is 0 Å². The van der Waals surface area contributed by atoms with E-state index in [-0.39, 0.29) is 30.3 Å². The summed E-state index contributed by atoms with van der Waals surface area (Å²) in [6.07, 6.45) is 3.91. The fourth-order valence-electron chi connectivity index (χ4n) is 4.10. The Bertz CT molecular complexity index is 1100. The molecule has 1 heterocycles. The van der Waals surface area contributed by atoms with E-state index in [1.54, 1.807) is 11.1 Å². The number of rotatable bonds is 4. The van der Waals surface area contributed by atoms with Gasteiger partial charge in [0.25, 0.3) is 0 Å². The highest BCUT2D eigenvalue weighted by molar-refractivity contribution is 5.87. The molecule has 0 saturated heterocycles. The number of carbonyl (C=O) groups excluding carboxylic acids is 2. The van der Waals surface area contributed by atoms with Gasteiger partial charge in [0.1, 0.15) is 0 Å². The predicted octanol–water partition coefficient (Wildman–Crippen LogP) is 4.98. The Morgan fingerprint density at radius 3 is 2.55 bits per heavy atom. The van der Waals surface area contributed by atoms with Crippen molar-refractivity contribution >= 4 is 28.7 Å². The van der Waals surface area contributed by atoms with Crippen molar-refractivity contribution in [3.8, 4) is 0 Å². The zero-order valence-electron chi connectivity index (χ0n) is 16.6. The molecule has 1 aliphatic rings. The molecule has 0 radical (unpaired) electrons. The van der Waals surface area contributed by atoms with Gasteiger partial charge in [0.05, 0.1) is 18.5 Å². The molecule has 1 N–H and O–H groups in total. The highest BCUT2D eigenvalue weighted by Gasteiger charge is 2.28. The maximum Gasteiger partial charge on any atom is 0.223 e. The highest BCUT2D eigenvalue weighted by Crippen LogP contribution is 2.33. The van der Waals surface area contributed by atoms with Crippen LogP contribution in [0.2, 0.25) is 0 Å². The molecule has 1 aliphatic heterocycles. The van der Waals surface area contributed by atoms with Crippen molar-refractivity contribution in [3.63, 3.8) is 0 Å². The van der Waals surface area contributed by atoms with Crippen molar-refractivity contribution in [2.45, 2.75) is 32.4 Å². The molecule has 146 valence electrons. The first kappa shape index (κ1) is 18.9. The summed E-state index contributed by atoms with van der Waals surface area (Å²) in [5.74, 6) is -0.151. The van der Waals surface area contributed by atoms with Gasteiger partial charge in [-0.15, -0.1) is 0 Å². The number of nitrogens with zero attached hydrogens (tertiary/aromatic N) is 1. The van der Waals surface area contributed by atoms with Crippen LogP contribution in [-0.2, 0) is 9.59 Å². The lowest BCUT2D eigenvalue weighted by molar-refractivity contribution is -0.130. The molecule has 2 amide bonds. The average Bonchev–Trinajstić information content (AvgIpc) is 2.73.